The Hall–Kier alpha value is -2.74. The first-order chi connectivity index (χ1) is 9.58. The summed E-state index contributed by atoms with van der Waals surface area (Å²) in [4.78, 5) is 22.1. The van der Waals surface area contributed by atoms with Crippen molar-refractivity contribution in [3.63, 3.8) is 0 Å². The van der Waals surface area contributed by atoms with Crippen LogP contribution in [0.5, 0.6) is 0 Å². The zero-order valence-corrected chi connectivity index (χ0v) is 10.2. The van der Waals surface area contributed by atoms with Crippen LogP contribution in [0.1, 0.15) is 10.4 Å². The van der Waals surface area contributed by atoms with Gasteiger partial charge in [0.2, 0.25) is 12.3 Å². The molecule has 8 heteroatoms. The second kappa shape index (κ2) is 5.93. The lowest BCUT2D eigenvalue weighted by atomic mass is 10.1. The highest BCUT2D eigenvalue weighted by Gasteiger charge is 2.15. The first-order valence-electron chi connectivity index (χ1n) is 5.63. The van der Waals surface area contributed by atoms with Crippen molar-refractivity contribution in [2.75, 3.05) is 6.54 Å². The molecule has 0 aliphatic heterocycles. The highest BCUT2D eigenvalue weighted by atomic mass is 16.4. The fraction of sp³-hybridized carbons (Fsp3) is 0.167. The maximum Gasteiger partial charge on any atom is 0.334 e. The van der Waals surface area contributed by atoms with Crippen LogP contribution >= 0.6 is 0 Å². The predicted molar refractivity (Wildman–Crippen MR) is 65.7 cm³/mol. The molecule has 0 spiro atoms. The van der Waals surface area contributed by atoms with E-state index < -0.39 is 18.0 Å². The molecule has 0 unspecified atom stereocenters. The van der Waals surface area contributed by atoms with E-state index in [1.54, 1.807) is 12.1 Å². The average Bonchev–Trinajstić information content (AvgIpc) is 2.98. The lowest BCUT2D eigenvalue weighted by Gasteiger charge is -2.07. The summed E-state index contributed by atoms with van der Waals surface area (Å²) >= 11 is 0. The third kappa shape index (κ3) is 3.18. The second-order valence-corrected chi connectivity index (χ2v) is 3.89. The number of aromatic nitrogens is 2. The molecule has 2 aromatic rings. The van der Waals surface area contributed by atoms with E-state index in [9.17, 15) is 9.59 Å². The largest absolute Gasteiger partial charge is 0.479 e. The molecule has 0 saturated heterocycles. The Balaban J connectivity index is 1.99. The topological polar surface area (TPSA) is 126 Å². The van der Waals surface area contributed by atoms with Crippen molar-refractivity contribution in [1.82, 2.24) is 15.5 Å². The van der Waals surface area contributed by atoms with Crippen molar-refractivity contribution >= 4 is 11.9 Å². The highest BCUT2D eigenvalue weighted by Crippen LogP contribution is 2.16. The van der Waals surface area contributed by atoms with Crippen LogP contribution in [0.2, 0.25) is 0 Å². The van der Waals surface area contributed by atoms with E-state index in [0.717, 1.165) is 0 Å². The molecule has 8 nitrogen and oxygen atoms in total. The number of carbonyl (C=O) groups excluding carboxylic acids is 1. The van der Waals surface area contributed by atoms with Crippen LogP contribution in [0.15, 0.2) is 35.1 Å². The summed E-state index contributed by atoms with van der Waals surface area (Å²) in [5, 5.41) is 27.1. The van der Waals surface area contributed by atoms with E-state index in [0.29, 0.717) is 17.0 Å². The number of benzene rings is 1. The van der Waals surface area contributed by atoms with Gasteiger partial charge in [-0.05, 0) is 24.3 Å². The SMILES string of the molecule is O=C(NC[C@H](O)C(=O)O)c1ccc(-c2nnco2)cc1. The molecule has 0 bridgehead atoms. The summed E-state index contributed by atoms with van der Waals surface area (Å²) < 4.78 is 5.00. The Morgan fingerprint density at radius 2 is 2.00 bits per heavy atom. The van der Waals surface area contributed by atoms with Crippen LogP contribution in [-0.2, 0) is 4.79 Å². The number of nitrogens with zero attached hydrogens (tertiary/aromatic N) is 2. The number of carboxylic acid groups (broad SMARTS) is 1. The van der Waals surface area contributed by atoms with E-state index in [2.05, 4.69) is 15.5 Å². The van der Waals surface area contributed by atoms with Crippen molar-refractivity contribution in [3.05, 3.63) is 36.2 Å². The first-order valence-corrected chi connectivity index (χ1v) is 5.63. The van der Waals surface area contributed by atoms with Gasteiger partial charge >= 0.3 is 5.97 Å². The number of rotatable bonds is 5. The van der Waals surface area contributed by atoms with Gasteiger partial charge in [0.1, 0.15) is 0 Å². The molecular formula is C12H11N3O5. The third-order valence-corrected chi connectivity index (χ3v) is 2.50. The molecule has 1 atom stereocenters. The Morgan fingerprint density at radius 3 is 2.55 bits per heavy atom. The smallest absolute Gasteiger partial charge is 0.334 e. The molecule has 0 radical (unpaired) electrons. The number of nitrogens with one attached hydrogen (secondary N) is 1. The number of carbonyl (C=O) groups is 2. The number of aliphatic hydroxyl groups excluding tert-OH is 1. The average molecular weight is 277 g/mol. The van der Waals surface area contributed by atoms with Gasteiger partial charge in [-0.25, -0.2) is 4.79 Å². The molecule has 3 N–H and O–H groups in total. The number of carboxylic acids is 1. The Bertz CT molecular complexity index is 594. The maximum atomic E-state index is 11.7. The normalized spacial score (nSPS) is 11.8. The second-order valence-electron chi connectivity index (χ2n) is 3.89. The van der Waals surface area contributed by atoms with E-state index in [1.165, 1.54) is 18.5 Å². The van der Waals surface area contributed by atoms with Gasteiger partial charge in [-0.15, -0.1) is 10.2 Å². The van der Waals surface area contributed by atoms with Crippen LogP contribution < -0.4 is 5.32 Å². The van der Waals surface area contributed by atoms with Gasteiger partial charge in [0.25, 0.3) is 5.91 Å². The minimum absolute atomic E-state index is 0.325. The van der Waals surface area contributed by atoms with Crippen molar-refractivity contribution in [3.8, 4) is 11.5 Å². The highest BCUT2D eigenvalue weighted by molar-refractivity contribution is 5.94. The fourth-order valence-corrected chi connectivity index (χ4v) is 1.44. The van der Waals surface area contributed by atoms with Crippen LogP contribution in [-0.4, -0.2) is 44.9 Å². The van der Waals surface area contributed by atoms with E-state index in [4.69, 9.17) is 14.6 Å². The lowest BCUT2D eigenvalue weighted by molar-refractivity contribution is -0.146. The zero-order valence-electron chi connectivity index (χ0n) is 10.2. The van der Waals surface area contributed by atoms with Crippen molar-refractivity contribution in [2.45, 2.75) is 6.10 Å². The number of aliphatic hydroxyl groups is 1. The van der Waals surface area contributed by atoms with Gasteiger partial charge in [-0.3, -0.25) is 4.79 Å². The number of hydrogen-bond acceptors (Lipinski definition) is 6. The summed E-state index contributed by atoms with van der Waals surface area (Å²) in [6.07, 6.45) is -0.430. The van der Waals surface area contributed by atoms with Crippen molar-refractivity contribution in [1.29, 1.82) is 0 Å². The van der Waals surface area contributed by atoms with Crippen LogP contribution in [0.25, 0.3) is 11.5 Å². The molecule has 2 rings (SSSR count). The maximum absolute atomic E-state index is 11.7. The molecule has 0 aliphatic rings. The number of amides is 1. The molecule has 0 fully saturated rings. The molecule has 20 heavy (non-hydrogen) atoms. The Labute approximate surface area is 113 Å². The Kier molecular flexibility index (Phi) is 4.06. The number of hydrogen-bond donors (Lipinski definition) is 3. The fourth-order valence-electron chi connectivity index (χ4n) is 1.44. The molecule has 1 heterocycles. The lowest BCUT2D eigenvalue weighted by Crippen LogP contribution is -2.36. The summed E-state index contributed by atoms with van der Waals surface area (Å²) in [5.41, 5.74) is 0.982. The van der Waals surface area contributed by atoms with Crippen molar-refractivity contribution < 1.29 is 24.2 Å². The van der Waals surface area contributed by atoms with Crippen LogP contribution in [0.3, 0.4) is 0 Å². The molecule has 0 saturated carbocycles. The van der Waals surface area contributed by atoms with Crippen LogP contribution in [0, 0.1) is 0 Å². The summed E-state index contributed by atoms with van der Waals surface area (Å²) in [7, 11) is 0. The molecular weight excluding hydrogens is 266 g/mol. The number of aliphatic carboxylic acids is 1. The minimum atomic E-state index is -1.63. The van der Waals surface area contributed by atoms with Gasteiger partial charge in [-0.2, -0.15) is 0 Å². The zero-order chi connectivity index (χ0) is 14.5. The summed E-state index contributed by atoms with van der Waals surface area (Å²) in [6, 6.07) is 6.30. The van der Waals surface area contributed by atoms with E-state index >= 15 is 0 Å². The van der Waals surface area contributed by atoms with Gasteiger partial charge in [0.05, 0.1) is 6.54 Å². The van der Waals surface area contributed by atoms with E-state index in [-0.39, 0.29) is 6.54 Å². The van der Waals surface area contributed by atoms with Crippen molar-refractivity contribution in [2.24, 2.45) is 0 Å². The quantitative estimate of drug-likeness (QED) is 0.697. The van der Waals surface area contributed by atoms with Crippen LogP contribution in [0.4, 0.5) is 0 Å². The molecule has 0 aliphatic carbocycles. The van der Waals surface area contributed by atoms with Gasteiger partial charge in [0, 0.05) is 11.1 Å². The predicted octanol–water partition coefficient (Wildman–Crippen LogP) is -0.0881. The summed E-state index contributed by atoms with van der Waals surface area (Å²) in [6.45, 7) is -0.362. The summed E-state index contributed by atoms with van der Waals surface area (Å²) in [5.74, 6) is -1.54. The van der Waals surface area contributed by atoms with E-state index in [1.807, 2.05) is 0 Å². The molecule has 1 aromatic carbocycles. The van der Waals surface area contributed by atoms with Gasteiger partial charge in [-0.1, -0.05) is 0 Å². The van der Waals surface area contributed by atoms with Gasteiger partial charge in [0.15, 0.2) is 6.10 Å². The Morgan fingerprint density at radius 1 is 1.30 bits per heavy atom. The minimum Gasteiger partial charge on any atom is -0.479 e. The third-order valence-electron chi connectivity index (χ3n) is 2.50. The molecule has 104 valence electrons. The standard InChI is InChI=1S/C12H11N3O5/c16-9(12(18)19)5-13-10(17)7-1-3-8(4-2-7)11-15-14-6-20-11/h1-4,6,9,16H,5H2,(H,13,17)(H,18,19)/t9-/m0/s1. The molecule has 1 amide bonds. The monoisotopic (exact) mass is 277 g/mol. The first kappa shape index (κ1) is 13.7. The van der Waals surface area contributed by atoms with Gasteiger partial charge < -0.3 is 19.9 Å². The molecule has 1 aromatic heterocycles.